The Morgan fingerprint density at radius 2 is 2.12 bits per heavy atom. The van der Waals surface area contributed by atoms with Gasteiger partial charge in [-0.2, -0.15) is 0 Å². The van der Waals surface area contributed by atoms with Gasteiger partial charge in [0, 0.05) is 11.6 Å². The summed E-state index contributed by atoms with van der Waals surface area (Å²) >= 11 is 0. The molecule has 2 radical (unpaired) electrons. The van der Waals surface area contributed by atoms with Gasteiger partial charge in [0.1, 0.15) is 5.69 Å². The van der Waals surface area contributed by atoms with Crippen molar-refractivity contribution in [1.29, 1.82) is 0 Å². The van der Waals surface area contributed by atoms with E-state index in [1.165, 1.54) is 6.07 Å². The highest BCUT2D eigenvalue weighted by Crippen LogP contribution is 2.30. The highest BCUT2D eigenvalue weighted by molar-refractivity contribution is 6.16. The summed E-state index contributed by atoms with van der Waals surface area (Å²) in [6.07, 6.45) is 0.377. The monoisotopic (exact) mass is 234 g/mol. The SMILES string of the molecule is [B]Nc1cc(C2OCCCO2)ccc1[N+](=O)[O-]. The zero-order valence-electron chi connectivity index (χ0n) is 9.09. The van der Waals surface area contributed by atoms with E-state index in [2.05, 4.69) is 5.23 Å². The number of hydrogen-bond acceptors (Lipinski definition) is 5. The Bertz CT molecular complexity index is 421. The number of nitrogens with one attached hydrogen (secondary N) is 1. The molecule has 1 aliphatic rings. The number of nitro benzene ring substituents is 1. The molecule has 0 atom stereocenters. The highest BCUT2D eigenvalue weighted by Gasteiger charge is 2.20. The molecule has 6 nitrogen and oxygen atoms in total. The maximum atomic E-state index is 10.7. The fraction of sp³-hybridized carbons (Fsp3) is 0.400. The standard InChI is InChI=1S/C10H11BN2O4/c11-12-8-6-7(2-3-9(8)13(14)15)10-16-4-1-5-17-10/h2-3,6,10,12H,1,4-5H2. The first-order valence-electron chi connectivity index (χ1n) is 5.20. The lowest BCUT2D eigenvalue weighted by molar-refractivity contribution is -0.383. The van der Waals surface area contributed by atoms with E-state index in [-0.39, 0.29) is 11.4 Å². The van der Waals surface area contributed by atoms with Crippen molar-refractivity contribution in [2.24, 2.45) is 0 Å². The lowest BCUT2D eigenvalue weighted by atomic mass is 10.1. The second-order valence-electron chi connectivity index (χ2n) is 3.61. The molecule has 1 aliphatic heterocycles. The van der Waals surface area contributed by atoms with Crippen molar-refractivity contribution in [2.75, 3.05) is 18.4 Å². The Labute approximate surface area is 99.5 Å². The Morgan fingerprint density at radius 3 is 2.71 bits per heavy atom. The van der Waals surface area contributed by atoms with Crippen LogP contribution in [0.15, 0.2) is 18.2 Å². The molecule has 0 aromatic heterocycles. The van der Waals surface area contributed by atoms with E-state index in [9.17, 15) is 10.1 Å². The second kappa shape index (κ2) is 5.16. The van der Waals surface area contributed by atoms with Crippen molar-refractivity contribution in [3.05, 3.63) is 33.9 Å². The van der Waals surface area contributed by atoms with Crippen molar-refractivity contribution in [2.45, 2.75) is 12.7 Å². The van der Waals surface area contributed by atoms with Crippen LogP contribution >= 0.6 is 0 Å². The molecule has 0 spiro atoms. The molecular weight excluding hydrogens is 223 g/mol. The van der Waals surface area contributed by atoms with Crippen molar-refractivity contribution in [1.82, 2.24) is 0 Å². The van der Waals surface area contributed by atoms with Crippen molar-refractivity contribution in [3.63, 3.8) is 0 Å². The molecule has 0 aliphatic carbocycles. The third kappa shape index (κ3) is 2.56. The smallest absolute Gasteiger partial charge is 0.291 e. The van der Waals surface area contributed by atoms with Gasteiger partial charge < -0.3 is 14.7 Å². The van der Waals surface area contributed by atoms with Crippen LogP contribution in [0.5, 0.6) is 0 Å². The molecule has 1 heterocycles. The van der Waals surface area contributed by atoms with Crippen molar-refractivity contribution < 1.29 is 14.4 Å². The van der Waals surface area contributed by atoms with Crippen LogP contribution in [-0.4, -0.2) is 26.1 Å². The molecule has 17 heavy (non-hydrogen) atoms. The van der Waals surface area contributed by atoms with Crippen LogP contribution < -0.4 is 5.23 Å². The summed E-state index contributed by atoms with van der Waals surface area (Å²) in [5.41, 5.74) is 0.876. The van der Waals surface area contributed by atoms with Gasteiger partial charge in [-0.05, 0) is 18.6 Å². The maximum Gasteiger partial charge on any atom is 0.291 e. The molecule has 0 amide bonds. The number of rotatable bonds is 3. The molecule has 0 saturated carbocycles. The average Bonchev–Trinajstić information content (AvgIpc) is 2.39. The van der Waals surface area contributed by atoms with Crippen molar-refractivity contribution >= 4 is 19.4 Å². The Balaban J connectivity index is 2.27. The molecule has 1 aromatic carbocycles. The van der Waals surface area contributed by atoms with E-state index in [1.807, 2.05) is 0 Å². The summed E-state index contributed by atoms with van der Waals surface area (Å²) in [5, 5.41) is 13.0. The van der Waals surface area contributed by atoms with Crippen LogP contribution in [-0.2, 0) is 9.47 Å². The number of anilines is 1. The maximum absolute atomic E-state index is 10.7. The fourth-order valence-electron chi connectivity index (χ4n) is 1.66. The summed E-state index contributed by atoms with van der Waals surface area (Å²) < 4.78 is 10.8. The summed E-state index contributed by atoms with van der Waals surface area (Å²) in [7, 11) is 5.25. The van der Waals surface area contributed by atoms with Gasteiger partial charge in [0.15, 0.2) is 6.29 Å². The largest absolute Gasteiger partial charge is 0.432 e. The third-order valence-electron chi connectivity index (χ3n) is 2.47. The first kappa shape index (κ1) is 11.9. The van der Waals surface area contributed by atoms with Crippen LogP contribution in [0.3, 0.4) is 0 Å². The van der Waals surface area contributed by atoms with E-state index in [0.717, 1.165) is 6.42 Å². The fourth-order valence-corrected chi connectivity index (χ4v) is 1.66. The van der Waals surface area contributed by atoms with Gasteiger partial charge in [-0.3, -0.25) is 10.1 Å². The van der Waals surface area contributed by atoms with E-state index in [1.54, 1.807) is 12.1 Å². The Kier molecular flexibility index (Phi) is 3.60. The summed E-state index contributed by atoms with van der Waals surface area (Å²) in [6.45, 7) is 1.24. The Hall–Kier alpha value is -1.60. The summed E-state index contributed by atoms with van der Waals surface area (Å²) in [4.78, 5) is 10.2. The molecule has 1 N–H and O–H groups in total. The van der Waals surface area contributed by atoms with E-state index in [0.29, 0.717) is 18.8 Å². The molecule has 0 bridgehead atoms. The van der Waals surface area contributed by atoms with E-state index in [4.69, 9.17) is 17.5 Å². The first-order chi connectivity index (χ1) is 8.22. The van der Waals surface area contributed by atoms with Gasteiger partial charge in [0.25, 0.3) is 5.69 Å². The lowest BCUT2D eigenvalue weighted by Gasteiger charge is -2.23. The average molecular weight is 234 g/mol. The highest BCUT2D eigenvalue weighted by atomic mass is 16.7. The zero-order chi connectivity index (χ0) is 12.3. The number of nitrogens with zero attached hydrogens (tertiary/aromatic N) is 1. The molecule has 88 valence electrons. The summed E-state index contributed by atoms with van der Waals surface area (Å²) in [6, 6.07) is 4.55. The predicted octanol–water partition coefficient (Wildman–Crippen LogP) is 1.53. The van der Waals surface area contributed by atoms with Gasteiger partial charge in [-0.1, -0.05) is 0 Å². The van der Waals surface area contributed by atoms with Crippen LogP contribution in [0.4, 0.5) is 11.4 Å². The predicted molar refractivity (Wildman–Crippen MR) is 61.7 cm³/mol. The van der Waals surface area contributed by atoms with Crippen LogP contribution in [0.2, 0.25) is 0 Å². The lowest BCUT2D eigenvalue weighted by Crippen LogP contribution is -2.17. The molecule has 7 heteroatoms. The van der Waals surface area contributed by atoms with E-state index < -0.39 is 11.2 Å². The number of benzene rings is 1. The zero-order valence-corrected chi connectivity index (χ0v) is 9.09. The van der Waals surface area contributed by atoms with Gasteiger partial charge in [0.2, 0.25) is 7.98 Å². The van der Waals surface area contributed by atoms with Crippen molar-refractivity contribution in [3.8, 4) is 0 Å². The van der Waals surface area contributed by atoms with Crippen LogP contribution in [0, 0.1) is 10.1 Å². The van der Waals surface area contributed by atoms with Crippen LogP contribution in [0.1, 0.15) is 18.3 Å². The van der Waals surface area contributed by atoms with Gasteiger partial charge in [-0.15, -0.1) is 0 Å². The minimum Gasteiger partial charge on any atom is -0.432 e. The van der Waals surface area contributed by atoms with Gasteiger partial charge >= 0.3 is 0 Å². The topological polar surface area (TPSA) is 73.6 Å². The minimum atomic E-state index is -0.498. The van der Waals surface area contributed by atoms with Gasteiger partial charge in [-0.25, -0.2) is 0 Å². The Morgan fingerprint density at radius 1 is 1.41 bits per heavy atom. The summed E-state index contributed by atoms with van der Waals surface area (Å²) in [5.74, 6) is 0. The molecule has 1 saturated heterocycles. The number of ether oxygens (including phenoxy) is 2. The minimum absolute atomic E-state index is 0.0768. The molecule has 0 unspecified atom stereocenters. The number of hydrogen-bond donors (Lipinski definition) is 1. The second-order valence-corrected chi connectivity index (χ2v) is 3.61. The van der Waals surface area contributed by atoms with Crippen LogP contribution in [0.25, 0.3) is 0 Å². The first-order valence-corrected chi connectivity index (χ1v) is 5.20. The third-order valence-corrected chi connectivity index (χ3v) is 2.47. The van der Waals surface area contributed by atoms with E-state index >= 15 is 0 Å². The molecule has 1 aromatic rings. The number of nitro groups is 1. The molecule has 1 fully saturated rings. The van der Waals surface area contributed by atoms with Gasteiger partial charge in [0.05, 0.1) is 18.1 Å². The molecule has 2 rings (SSSR count). The quantitative estimate of drug-likeness (QED) is 0.487. The molecular formula is C10H11BN2O4. The normalized spacial score (nSPS) is 16.7.